The first-order valence-corrected chi connectivity index (χ1v) is 9.38. The fraction of sp³-hybridized carbons (Fsp3) is 0.944. The van der Waals surface area contributed by atoms with Gasteiger partial charge in [0.25, 0.3) is 0 Å². The first kappa shape index (κ1) is 14.9. The van der Waals surface area contributed by atoms with Crippen LogP contribution in [0.4, 0.5) is 0 Å². The molecule has 2 aliphatic carbocycles. The Labute approximate surface area is 133 Å². The van der Waals surface area contributed by atoms with Crippen LogP contribution in [0.2, 0.25) is 0 Å². The van der Waals surface area contributed by atoms with Gasteiger partial charge in [0.2, 0.25) is 5.91 Å². The number of β-amino-alcohol motifs (C(OH)–C–C–N with tert-alkyl or cyclic N) is 1. The van der Waals surface area contributed by atoms with Crippen LogP contribution in [-0.2, 0) is 4.79 Å². The molecular weight excluding hydrogens is 276 g/mol. The van der Waals surface area contributed by atoms with Crippen LogP contribution in [0, 0.1) is 5.92 Å². The van der Waals surface area contributed by atoms with Crippen molar-refractivity contribution in [3.63, 3.8) is 0 Å². The van der Waals surface area contributed by atoms with Gasteiger partial charge in [-0.25, -0.2) is 0 Å². The van der Waals surface area contributed by atoms with Crippen LogP contribution in [0.1, 0.15) is 64.7 Å². The Bertz CT molecular complexity index is 444. The molecular formula is C18H30N2O2. The van der Waals surface area contributed by atoms with Crippen LogP contribution in [0.15, 0.2) is 0 Å². The van der Waals surface area contributed by atoms with E-state index in [1.54, 1.807) is 0 Å². The topological polar surface area (TPSA) is 43.8 Å². The zero-order valence-electron chi connectivity index (χ0n) is 13.8. The summed E-state index contributed by atoms with van der Waals surface area (Å²) in [5, 5.41) is 10.3. The first-order valence-electron chi connectivity index (χ1n) is 9.38. The average Bonchev–Trinajstić information content (AvgIpc) is 3.25. The highest BCUT2D eigenvalue weighted by Crippen LogP contribution is 2.46. The van der Waals surface area contributed by atoms with Gasteiger partial charge in [-0.15, -0.1) is 0 Å². The van der Waals surface area contributed by atoms with Gasteiger partial charge in [-0.05, 0) is 44.9 Å². The molecule has 0 radical (unpaired) electrons. The van der Waals surface area contributed by atoms with Crippen molar-refractivity contribution in [3.8, 4) is 0 Å². The van der Waals surface area contributed by atoms with E-state index in [1.807, 2.05) is 0 Å². The molecule has 4 nitrogen and oxygen atoms in total. The number of hydrogen-bond donors (Lipinski definition) is 1. The van der Waals surface area contributed by atoms with Crippen molar-refractivity contribution in [2.45, 2.75) is 88.4 Å². The van der Waals surface area contributed by atoms with Crippen LogP contribution in [0.3, 0.4) is 0 Å². The Morgan fingerprint density at radius 2 is 1.91 bits per heavy atom. The molecule has 4 fully saturated rings. The molecule has 0 bridgehead atoms. The maximum absolute atomic E-state index is 13.3. The first-order chi connectivity index (χ1) is 10.6. The van der Waals surface area contributed by atoms with Gasteiger partial charge in [0, 0.05) is 31.6 Å². The summed E-state index contributed by atoms with van der Waals surface area (Å²) >= 11 is 0. The Balaban J connectivity index is 1.55. The predicted octanol–water partition coefficient (Wildman–Crippen LogP) is 2.16. The second-order valence-electron chi connectivity index (χ2n) is 8.16. The van der Waals surface area contributed by atoms with Crippen LogP contribution < -0.4 is 0 Å². The lowest BCUT2D eigenvalue weighted by molar-refractivity contribution is -0.140. The summed E-state index contributed by atoms with van der Waals surface area (Å²) < 4.78 is 0. The second-order valence-corrected chi connectivity index (χ2v) is 8.16. The summed E-state index contributed by atoms with van der Waals surface area (Å²) in [7, 11) is 0. The highest BCUT2D eigenvalue weighted by molar-refractivity contribution is 5.89. The van der Waals surface area contributed by atoms with Crippen molar-refractivity contribution in [2.75, 3.05) is 13.1 Å². The quantitative estimate of drug-likeness (QED) is 0.869. The SMILES string of the molecule is CC(C1CC1)N1C[C@H](O)CC12CCN(C1CCCCC1)C2=O. The van der Waals surface area contributed by atoms with Gasteiger partial charge in [-0.3, -0.25) is 9.69 Å². The number of carbonyl (C=O) groups excluding carboxylic acids is 1. The van der Waals surface area contributed by atoms with Crippen molar-refractivity contribution in [1.29, 1.82) is 0 Å². The summed E-state index contributed by atoms with van der Waals surface area (Å²) in [6.07, 6.45) is 10.1. The number of amides is 1. The summed E-state index contributed by atoms with van der Waals surface area (Å²) in [4.78, 5) is 17.9. The molecule has 2 saturated carbocycles. The summed E-state index contributed by atoms with van der Waals surface area (Å²) in [5.41, 5.74) is -0.376. The Hall–Kier alpha value is -0.610. The number of nitrogens with zero attached hydrogens (tertiary/aromatic N) is 2. The van der Waals surface area contributed by atoms with Gasteiger partial charge in [-0.1, -0.05) is 19.3 Å². The number of rotatable bonds is 3. The van der Waals surface area contributed by atoms with Gasteiger partial charge in [0.15, 0.2) is 0 Å². The van der Waals surface area contributed by atoms with Crippen molar-refractivity contribution in [2.24, 2.45) is 5.92 Å². The van der Waals surface area contributed by atoms with Gasteiger partial charge in [0.1, 0.15) is 5.54 Å². The van der Waals surface area contributed by atoms with Crippen LogP contribution in [0.25, 0.3) is 0 Å². The largest absolute Gasteiger partial charge is 0.392 e. The predicted molar refractivity (Wildman–Crippen MR) is 85.4 cm³/mol. The van der Waals surface area contributed by atoms with Crippen molar-refractivity contribution >= 4 is 5.91 Å². The zero-order chi connectivity index (χ0) is 15.3. The molecule has 1 spiro atoms. The normalized spacial score (nSPS) is 39.1. The standard InChI is InChI=1S/C18H30N2O2/c1-13(14-7-8-14)20-12-16(21)11-18(20)9-10-19(17(18)22)15-5-3-2-4-6-15/h13-16,21H,2-12H2,1H3/t13?,16-,18?/m1/s1. The Morgan fingerprint density at radius 3 is 2.59 bits per heavy atom. The highest BCUT2D eigenvalue weighted by atomic mass is 16.3. The van der Waals surface area contributed by atoms with E-state index in [9.17, 15) is 9.90 Å². The van der Waals surface area contributed by atoms with Crippen LogP contribution >= 0.6 is 0 Å². The summed E-state index contributed by atoms with van der Waals surface area (Å²) in [6.45, 7) is 3.88. The molecule has 2 heterocycles. The third-order valence-electron chi connectivity index (χ3n) is 6.77. The smallest absolute Gasteiger partial charge is 0.243 e. The molecule has 2 saturated heterocycles. The molecule has 22 heavy (non-hydrogen) atoms. The van der Waals surface area contributed by atoms with Gasteiger partial charge >= 0.3 is 0 Å². The Morgan fingerprint density at radius 1 is 1.18 bits per heavy atom. The lowest BCUT2D eigenvalue weighted by atomic mass is 9.91. The van der Waals surface area contributed by atoms with E-state index < -0.39 is 0 Å². The molecule has 0 aromatic heterocycles. The van der Waals surface area contributed by atoms with Crippen LogP contribution in [0.5, 0.6) is 0 Å². The fourth-order valence-electron chi connectivity index (χ4n) is 5.34. The third-order valence-corrected chi connectivity index (χ3v) is 6.77. The fourth-order valence-corrected chi connectivity index (χ4v) is 5.34. The second kappa shape index (κ2) is 5.48. The van der Waals surface area contributed by atoms with E-state index in [1.165, 1.54) is 44.9 Å². The molecule has 3 atom stereocenters. The molecule has 4 rings (SSSR count). The van der Waals surface area contributed by atoms with E-state index in [-0.39, 0.29) is 11.6 Å². The molecule has 0 aromatic carbocycles. The van der Waals surface area contributed by atoms with Crippen molar-refractivity contribution in [3.05, 3.63) is 0 Å². The minimum Gasteiger partial charge on any atom is -0.392 e. The Kier molecular flexibility index (Phi) is 3.73. The van der Waals surface area contributed by atoms with E-state index in [2.05, 4.69) is 16.7 Å². The van der Waals surface area contributed by atoms with Gasteiger partial charge in [-0.2, -0.15) is 0 Å². The lowest BCUT2D eigenvalue weighted by Gasteiger charge is -2.39. The van der Waals surface area contributed by atoms with Gasteiger partial charge < -0.3 is 10.0 Å². The molecule has 2 unspecified atom stereocenters. The lowest BCUT2D eigenvalue weighted by Crippen LogP contribution is -2.55. The highest BCUT2D eigenvalue weighted by Gasteiger charge is 2.58. The monoisotopic (exact) mass is 306 g/mol. The van der Waals surface area contributed by atoms with Crippen molar-refractivity contribution < 1.29 is 9.90 Å². The van der Waals surface area contributed by atoms with E-state index >= 15 is 0 Å². The number of carbonyl (C=O) groups is 1. The van der Waals surface area contributed by atoms with Gasteiger partial charge in [0.05, 0.1) is 6.10 Å². The third kappa shape index (κ3) is 2.30. The number of likely N-dealkylation sites (tertiary alicyclic amines) is 2. The molecule has 2 aliphatic heterocycles. The molecule has 1 N–H and O–H groups in total. The minimum atomic E-state index is -0.376. The molecule has 4 heteroatoms. The van der Waals surface area contributed by atoms with E-state index in [4.69, 9.17) is 0 Å². The summed E-state index contributed by atoms with van der Waals surface area (Å²) in [6, 6.07) is 0.920. The van der Waals surface area contributed by atoms with E-state index in [0.717, 1.165) is 18.9 Å². The molecule has 0 aromatic rings. The molecule has 4 aliphatic rings. The maximum atomic E-state index is 13.3. The number of hydrogen-bond acceptors (Lipinski definition) is 3. The van der Waals surface area contributed by atoms with E-state index in [0.29, 0.717) is 31.0 Å². The molecule has 124 valence electrons. The van der Waals surface area contributed by atoms with Crippen LogP contribution in [-0.4, -0.2) is 57.6 Å². The number of aliphatic hydroxyl groups is 1. The molecule has 1 amide bonds. The number of aliphatic hydroxyl groups excluding tert-OH is 1. The average molecular weight is 306 g/mol. The summed E-state index contributed by atoms with van der Waals surface area (Å²) in [5.74, 6) is 1.09. The minimum absolute atomic E-state index is 0.323. The maximum Gasteiger partial charge on any atom is 0.243 e. The zero-order valence-corrected chi connectivity index (χ0v) is 13.8. The van der Waals surface area contributed by atoms with Crippen molar-refractivity contribution in [1.82, 2.24) is 9.80 Å².